The molecule has 1 aliphatic heterocycles. The highest BCUT2D eigenvalue weighted by molar-refractivity contribution is 5.82. The summed E-state index contributed by atoms with van der Waals surface area (Å²) in [6.07, 6.45) is 1.02. The molecule has 0 radical (unpaired) electrons. The Kier molecular flexibility index (Phi) is 3.66. The lowest BCUT2D eigenvalue weighted by atomic mass is 10.1. The number of halogens is 1. The molecule has 2 heterocycles. The average molecular weight is 331 g/mol. The van der Waals surface area contributed by atoms with Gasteiger partial charge in [0.05, 0.1) is 12.1 Å². The Bertz CT molecular complexity index is 1140. The van der Waals surface area contributed by atoms with E-state index in [0.29, 0.717) is 34.8 Å². The van der Waals surface area contributed by atoms with Crippen LogP contribution in [0.5, 0.6) is 0 Å². The van der Waals surface area contributed by atoms with E-state index in [1.54, 1.807) is 22.8 Å². The van der Waals surface area contributed by atoms with Gasteiger partial charge in [-0.25, -0.2) is 9.37 Å². The van der Waals surface area contributed by atoms with E-state index in [1.807, 2.05) is 12.1 Å². The van der Waals surface area contributed by atoms with Crippen LogP contribution in [0.1, 0.15) is 23.4 Å². The monoisotopic (exact) mass is 331 g/mol. The predicted molar refractivity (Wildman–Crippen MR) is 91.3 cm³/mol. The summed E-state index contributed by atoms with van der Waals surface area (Å²) in [5.74, 6) is 6.51. The molecule has 5 heteroatoms. The molecule has 0 unspecified atom stereocenters. The van der Waals surface area contributed by atoms with E-state index >= 15 is 0 Å². The van der Waals surface area contributed by atoms with Gasteiger partial charge >= 0.3 is 0 Å². The van der Waals surface area contributed by atoms with Gasteiger partial charge in [0.15, 0.2) is 5.78 Å². The lowest BCUT2D eigenvalue weighted by Gasteiger charge is -2.18. The quantitative estimate of drug-likeness (QED) is 0.644. The van der Waals surface area contributed by atoms with Gasteiger partial charge < -0.3 is 4.57 Å². The zero-order chi connectivity index (χ0) is 17.4. The number of carbonyl (C=O) groups is 1. The molecule has 2 aromatic carbocycles. The largest absolute Gasteiger partial charge is 0.307 e. The summed E-state index contributed by atoms with van der Waals surface area (Å²) in [5.41, 5.74) is 2.35. The Morgan fingerprint density at radius 3 is 2.68 bits per heavy atom. The van der Waals surface area contributed by atoms with Crippen molar-refractivity contribution in [3.05, 3.63) is 70.7 Å². The van der Waals surface area contributed by atoms with Gasteiger partial charge in [0.25, 0.3) is 0 Å². The molecule has 4 rings (SSSR count). The second-order valence-corrected chi connectivity index (χ2v) is 5.99. The lowest BCUT2D eigenvalue weighted by molar-refractivity contribution is -0.120. The number of nitrogens with one attached hydrogen (secondary N) is 1. The minimum Gasteiger partial charge on any atom is -0.307 e. The number of aryl methyl sites for hydroxylation is 1. The fourth-order valence-corrected chi connectivity index (χ4v) is 2.95. The fourth-order valence-electron chi connectivity index (χ4n) is 2.95. The van der Waals surface area contributed by atoms with E-state index < -0.39 is 0 Å². The highest BCUT2D eigenvalue weighted by atomic mass is 19.1. The molecule has 0 amide bonds. The number of ketones is 1. The predicted octanol–water partition coefficient (Wildman–Crippen LogP) is 2.57. The smallest absolute Gasteiger partial charge is 0.153 e. The minimum atomic E-state index is -0.316. The van der Waals surface area contributed by atoms with Crippen molar-refractivity contribution in [1.29, 1.82) is 5.41 Å². The van der Waals surface area contributed by atoms with Gasteiger partial charge in [-0.1, -0.05) is 17.9 Å². The van der Waals surface area contributed by atoms with Crippen molar-refractivity contribution in [3.63, 3.8) is 0 Å². The van der Waals surface area contributed by atoms with Gasteiger partial charge in [-0.2, -0.15) is 0 Å². The summed E-state index contributed by atoms with van der Waals surface area (Å²) in [7, 11) is 0. The number of hydrogen-bond acceptors (Lipinski definition) is 3. The van der Waals surface area contributed by atoms with Gasteiger partial charge in [0.2, 0.25) is 0 Å². The van der Waals surface area contributed by atoms with Crippen LogP contribution in [-0.4, -0.2) is 15.3 Å². The summed E-state index contributed by atoms with van der Waals surface area (Å²) in [6, 6.07) is 11.6. The Balaban J connectivity index is 1.78. The number of aromatic nitrogens is 2. The highest BCUT2D eigenvalue weighted by Crippen LogP contribution is 2.15. The molecule has 0 saturated heterocycles. The average Bonchev–Trinajstić information content (AvgIpc) is 2.61. The first-order valence-corrected chi connectivity index (χ1v) is 7.97. The number of fused-ring (bicyclic) bond motifs is 2. The van der Waals surface area contributed by atoms with Crippen LogP contribution in [-0.2, 0) is 17.8 Å². The van der Waals surface area contributed by atoms with Gasteiger partial charge in [0, 0.05) is 29.4 Å². The van der Waals surface area contributed by atoms with Crippen LogP contribution in [0.3, 0.4) is 0 Å². The maximum absolute atomic E-state index is 13.2. The number of carbonyl (C=O) groups excluding carboxylic acids is 1. The molecule has 0 spiro atoms. The second kappa shape index (κ2) is 5.99. The second-order valence-electron chi connectivity index (χ2n) is 5.99. The van der Waals surface area contributed by atoms with Crippen molar-refractivity contribution >= 4 is 16.7 Å². The molecule has 25 heavy (non-hydrogen) atoms. The first-order chi connectivity index (χ1) is 12.1. The molecule has 0 bridgehead atoms. The molecule has 1 aliphatic rings. The molecular weight excluding hydrogens is 317 g/mol. The molecule has 0 atom stereocenters. The summed E-state index contributed by atoms with van der Waals surface area (Å²) < 4.78 is 14.9. The Morgan fingerprint density at radius 2 is 1.88 bits per heavy atom. The van der Waals surface area contributed by atoms with Crippen molar-refractivity contribution < 1.29 is 9.18 Å². The molecule has 1 aromatic heterocycles. The van der Waals surface area contributed by atoms with E-state index in [4.69, 9.17) is 5.41 Å². The van der Waals surface area contributed by atoms with Crippen LogP contribution >= 0.6 is 0 Å². The molecule has 1 N–H and O–H groups in total. The van der Waals surface area contributed by atoms with Gasteiger partial charge in [-0.3, -0.25) is 10.2 Å². The van der Waals surface area contributed by atoms with Crippen molar-refractivity contribution in [3.8, 4) is 11.8 Å². The van der Waals surface area contributed by atoms with Crippen LogP contribution in [0.2, 0.25) is 0 Å². The van der Waals surface area contributed by atoms with E-state index in [9.17, 15) is 9.18 Å². The molecule has 3 aromatic rings. The summed E-state index contributed by atoms with van der Waals surface area (Å²) in [4.78, 5) is 16.2. The van der Waals surface area contributed by atoms with Crippen molar-refractivity contribution in [1.82, 2.24) is 9.55 Å². The standard InChI is InChI=1S/C20H14FN3O/c21-15-3-1-2-13(10-15)4-5-14-6-8-17-18(11-14)23-19-9-7-16(25)12-24(19)20(17)22/h1-3,6,8,10-11,22H,7,9,12H2. The molecular formula is C20H14FN3O. The van der Waals surface area contributed by atoms with Crippen molar-refractivity contribution in [2.45, 2.75) is 19.4 Å². The van der Waals surface area contributed by atoms with Gasteiger partial charge in [0.1, 0.15) is 17.1 Å². The van der Waals surface area contributed by atoms with E-state index in [2.05, 4.69) is 16.8 Å². The van der Waals surface area contributed by atoms with Crippen molar-refractivity contribution in [2.24, 2.45) is 0 Å². The third kappa shape index (κ3) is 2.94. The summed E-state index contributed by atoms with van der Waals surface area (Å²) in [5, 5.41) is 9.02. The molecule has 122 valence electrons. The zero-order valence-corrected chi connectivity index (χ0v) is 13.3. The summed E-state index contributed by atoms with van der Waals surface area (Å²) >= 11 is 0. The first kappa shape index (κ1) is 15.3. The van der Waals surface area contributed by atoms with E-state index in [0.717, 1.165) is 11.4 Å². The first-order valence-electron chi connectivity index (χ1n) is 7.97. The Hall–Kier alpha value is -3.26. The normalized spacial score (nSPS) is 13.2. The fraction of sp³-hybridized carbons (Fsp3) is 0.150. The molecule has 4 nitrogen and oxygen atoms in total. The van der Waals surface area contributed by atoms with Crippen LogP contribution < -0.4 is 5.49 Å². The number of nitrogens with zero attached hydrogens (tertiary/aromatic N) is 2. The van der Waals surface area contributed by atoms with Crippen LogP contribution in [0, 0.1) is 23.1 Å². The third-order valence-corrected chi connectivity index (χ3v) is 4.22. The number of benzene rings is 2. The minimum absolute atomic E-state index is 0.129. The molecule has 0 fully saturated rings. The highest BCUT2D eigenvalue weighted by Gasteiger charge is 2.17. The lowest BCUT2D eigenvalue weighted by Crippen LogP contribution is -2.32. The van der Waals surface area contributed by atoms with E-state index in [-0.39, 0.29) is 18.1 Å². The number of rotatable bonds is 0. The number of hydrogen-bond donors (Lipinski definition) is 1. The molecule has 0 saturated carbocycles. The maximum atomic E-state index is 13.2. The SMILES string of the molecule is N=c1c2ccc(C#Cc3cccc(F)c3)cc2nc2n1CC(=O)CC2. The van der Waals surface area contributed by atoms with Crippen molar-refractivity contribution in [2.75, 3.05) is 0 Å². The maximum Gasteiger partial charge on any atom is 0.153 e. The topological polar surface area (TPSA) is 58.7 Å². The Morgan fingerprint density at radius 1 is 1.08 bits per heavy atom. The Labute approximate surface area is 143 Å². The zero-order valence-electron chi connectivity index (χ0n) is 13.3. The summed E-state index contributed by atoms with van der Waals surface area (Å²) in [6.45, 7) is 0.220. The van der Waals surface area contributed by atoms with E-state index in [1.165, 1.54) is 12.1 Å². The van der Waals surface area contributed by atoms with Crippen LogP contribution in [0.15, 0.2) is 42.5 Å². The third-order valence-electron chi connectivity index (χ3n) is 4.22. The van der Waals surface area contributed by atoms with Crippen LogP contribution in [0.25, 0.3) is 10.9 Å². The number of Topliss-reactive ketones (excluding diaryl/α,β-unsaturated/α-hetero) is 1. The van der Waals surface area contributed by atoms with Crippen LogP contribution in [0.4, 0.5) is 4.39 Å². The van der Waals surface area contributed by atoms with Gasteiger partial charge in [-0.15, -0.1) is 0 Å². The van der Waals surface area contributed by atoms with Gasteiger partial charge in [-0.05, 0) is 36.4 Å². The molecule has 0 aliphatic carbocycles.